The van der Waals surface area contributed by atoms with E-state index in [-0.39, 0.29) is 5.69 Å². The van der Waals surface area contributed by atoms with E-state index in [1.165, 1.54) is 18.2 Å². The number of non-ortho nitro benzene ring substituents is 1. The average molecular weight is 326 g/mol. The number of hydrogen-bond donors (Lipinski definition) is 2. The van der Waals surface area contributed by atoms with Crippen LogP contribution >= 0.6 is 0 Å². The second kappa shape index (κ2) is 6.42. The SMILES string of the molecule is N#Cc1cc(NCC2(O)CCCCC2)nc2ccc([N+](=O)[O-])cc12. The van der Waals surface area contributed by atoms with Crippen molar-refractivity contribution in [2.75, 3.05) is 11.9 Å². The summed E-state index contributed by atoms with van der Waals surface area (Å²) in [6, 6.07) is 7.89. The first-order chi connectivity index (χ1) is 11.5. The number of nitro groups is 1. The molecule has 1 fully saturated rings. The van der Waals surface area contributed by atoms with Gasteiger partial charge in [0.1, 0.15) is 5.82 Å². The molecular weight excluding hydrogens is 308 g/mol. The van der Waals surface area contributed by atoms with Gasteiger partial charge in [0.2, 0.25) is 0 Å². The Balaban J connectivity index is 1.88. The molecule has 0 atom stereocenters. The van der Waals surface area contributed by atoms with Crippen molar-refractivity contribution in [1.29, 1.82) is 5.26 Å². The first kappa shape index (κ1) is 16.1. The van der Waals surface area contributed by atoms with E-state index in [9.17, 15) is 20.5 Å². The number of nitrogens with one attached hydrogen (secondary N) is 1. The molecule has 7 heteroatoms. The average Bonchev–Trinajstić information content (AvgIpc) is 2.59. The number of aliphatic hydroxyl groups is 1. The number of benzene rings is 1. The summed E-state index contributed by atoms with van der Waals surface area (Å²) in [4.78, 5) is 14.8. The van der Waals surface area contributed by atoms with Crippen LogP contribution in [-0.4, -0.2) is 27.2 Å². The van der Waals surface area contributed by atoms with Gasteiger partial charge < -0.3 is 10.4 Å². The minimum atomic E-state index is -0.739. The molecule has 7 nitrogen and oxygen atoms in total. The zero-order valence-corrected chi connectivity index (χ0v) is 13.2. The normalized spacial score (nSPS) is 16.5. The lowest BCUT2D eigenvalue weighted by atomic mass is 9.85. The molecule has 1 aliphatic rings. The number of fused-ring (bicyclic) bond motifs is 1. The molecule has 1 heterocycles. The van der Waals surface area contributed by atoms with Crippen molar-refractivity contribution in [2.45, 2.75) is 37.7 Å². The Morgan fingerprint density at radius 3 is 2.75 bits per heavy atom. The van der Waals surface area contributed by atoms with Crippen molar-refractivity contribution in [2.24, 2.45) is 0 Å². The van der Waals surface area contributed by atoms with E-state index in [0.717, 1.165) is 32.1 Å². The van der Waals surface area contributed by atoms with Crippen LogP contribution in [0.4, 0.5) is 11.5 Å². The highest BCUT2D eigenvalue weighted by atomic mass is 16.6. The third-order valence-electron chi connectivity index (χ3n) is 4.51. The van der Waals surface area contributed by atoms with Crippen LogP contribution in [0.3, 0.4) is 0 Å². The number of aromatic nitrogens is 1. The topological polar surface area (TPSA) is 112 Å². The molecule has 0 saturated heterocycles. The first-order valence-corrected chi connectivity index (χ1v) is 7.96. The van der Waals surface area contributed by atoms with Gasteiger partial charge >= 0.3 is 0 Å². The van der Waals surface area contributed by atoms with E-state index in [2.05, 4.69) is 16.4 Å². The molecule has 3 rings (SSSR count). The predicted molar refractivity (Wildman–Crippen MR) is 89.6 cm³/mol. The highest BCUT2D eigenvalue weighted by Crippen LogP contribution is 2.29. The molecule has 124 valence electrons. The van der Waals surface area contributed by atoms with Crippen LogP contribution in [0, 0.1) is 21.4 Å². The molecule has 0 aliphatic heterocycles. The summed E-state index contributed by atoms with van der Waals surface area (Å²) in [5.74, 6) is 0.493. The quantitative estimate of drug-likeness (QED) is 0.659. The second-order valence-electron chi connectivity index (χ2n) is 6.26. The molecule has 0 amide bonds. The van der Waals surface area contributed by atoms with Crippen molar-refractivity contribution in [1.82, 2.24) is 4.98 Å². The van der Waals surface area contributed by atoms with E-state index in [1.807, 2.05) is 0 Å². The van der Waals surface area contributed by atoms with Gasteiger partial charge in [0.25, 0.3) is 5.69 Å². The summed E-state index contributed by atoms with van der Waals surface area (Å²) in [6.45, 7) is 0.378. The highest BCUT2D eigenvalue weighted by molar-refractivity contribution is 5.88. The molecule has 0 bridgehead atoms. The fraction of sp³-hybridized carbons (Fsp3) is 0.412. The molecule has 1 saturated carbocycles. The molecule has 1 aromatic heterocycles. The van der Waals surface area contributed by atoms with Crippen molar-refractivity contribution >= 4 is 22.4 Å². The van der Waals surface area contributed by atoms with E-state index >= 15 is 0 Å². The third-order valence-corrected chi connectivity index (χ3v) is 4.51. The highest BCUT2D eigenvalue weighted by Gasteiger charge is 2.29. The number of nitro benzene ring substituents is 1. The summed E-state index contributed by atoms with van der Waals surface area (Å²) in [5, 5.41) is 34.3. The van der Waals surface area contributed by atoms with Gasteiger partial charge in [-0.05, 0) is 25.0 Å². The van der Waals surface area contributed by atoms with Gasteiger partial charge in [0.05, 0.1) is 27.7 Å². The van der Waals surface area contributed by atoms with Gasteiger partial charge in [-0.2, -0.15) is 5.26 Å². The number of nitriles is 1. The van der Waals surface area contributed by atoms with Gasteiger partial charge in [-0.15, -0.1) is 0 Å². The molecule has 0 radical (unpaired) electrons. The van der Waals surface area contributed by atoms with Crippen LogP contribution in [0.15, 0.2) is 24.3 Å². The Morgan fingerprint density at radius 1 is 1.33 bits per heavy atom. The summed E-state index contributed by atoms with van der Waals surface area (Å²) < 4.78 is 0. The maximum Gasteiger partial charge on any atom is 0.270 e. The molecule has 0 unspecified atom stereocenters. The summed E-state index contributed by atoms with van der Waals surface area (Å²) in [6.07, 6.45) is 4.68. The van der Waals surface area contributed by atoms with E-state index in [0.29, 0.717) is 28.8 Å². The molecule has 1 aromatic carbocycles. The summed E-state index contributed by atoms with van der Waals surface area (Å²) in [5.41, 5.74) is 0.0228. The second-order valence-corrected chi connectivity index (χ2v) is 6.26. The number of hydrogen-bond acceptors (Lipinski definition) is 6. The Kier molecular flexibility index (Phi) is 4.32. The van der Waals surface area contributed by atoms with E-state index in [4.69, 9.17) is 0 Å². The summed E-state index contributed by atoms with van der Waals surface area (Å²) in [7, 11) is 0. The van der Waals surface area contributed by atoms with Crippen LogP contribution in [-0.2, 0) is 0 Å². The van der Waals surface area contributed by atoms with Crippen molar-refractivity contribution in [3.63, 3.8) is 0 Å². The van der Waals surface area contributed by atoms with Gasteiger partial charge in [-0.25, -0.2) is 4.98 Å². The van der Waals surface area contributed by atoms with Crippen LogP contribution in [0.1, 0.15) is 37.7 Å². The fourth-order valence-corrected chi connectivity index (χ4v) is 3.15. The van der Waals surface area contributed by atoms with Gasteiger partial charge in [-0.1, -0.05) is 19.3 Å². The Bertz CT molecular complexity index is 822. The largest absolute Gasteiger partial charge is 0.388 e. The lowest BCUT2D eigenvalue weighted by Gasteiger charge is -2.32. The fourth-order valence-electron chi connectivity index (χ4n) is 3.15. The Hall–Kier alpha value is -2.72. The van der Waals surface area contributed by atoms with E-state index < -0.39 is 10.5 Å². The van der Waals surface area contributed by atoms with Crippen LogP contribution in [0.25, 0.3) is 10.9 Å². The molecule has 2 aromatic rings. The van der Waals surface area contributed by atoms with Crippen molar-refractivity contribution < 1.29 is 10.0 Å². The van der Waals surface area contributed by atoms with Crippen molar-refractivity contribution in [3.8, 4) is 6.07 Å². The monoisotopic (exact) mass is 326 g/mol. The smallest absolute Gasteiger partial charge is 0.270 e. The minimum Gasteiger partial charge on any atom is -0.388 e. The van der Waals surface area contributed by atoms with Crippen LogP contribution in [0.5, 0.6) is 0 Å². The van der Waals surface area contributed by atoms with E-state index in [1.54, 1.807) is 6.07 Å². The molecule has 0 spiro atoms. The lowest BCUT2D eigenvalue weighted by Crippen LogP contribution is -2.38. The number of anilines is 1. The maximum atomic E-state index is 10.9. The summed E-state index contributed by atoms with van der Waals surface area (Å²) >= 11 is 0. The molecular formula is C17H18N4O3. The third kappa shape index (κ3) is 3.29. The number of pyridine rings is 1. The molecule has 2 N–H and O–H groups in total. The predicted octanol–water partition coefficient (Wildman–Crippen LogP) is 3.12. The van der Waals surface area contributed by atoms with Crippen LogP contribution in [0.2, 0.25) is 0 Å². The van der Waals surface area contributed by atoms with Crippen LogP contribution < -0.4 is 5.32 Å². The Morgan fingerprint density at radius 2 is 2.08 bits per heavy atom. The zero-order valence-electron chi connectivity index (χ0n) is 13.2. The first-order valence-electron chi connectivity index (χ1n) is 7.96. The maximum absolute atomic E-state index is 10.9. The molecule has 1 aliphatic carbocycles. The number of rotatable bonds is 4. The lowest BCUT2D eigenvalue weighted by molar-refractivity contribution is -0.384. The Labute approximate surface area is 139 Å². The minimum absolute atomic E-state index is 0.0713. The number of nitrogens with zero attached hydrogens (tertiary/aromatic N) is 3. The standard InChI is InChI=1S/C17H18N4O3/c18-10-12-8-16(19-11-17(22)6-2-1-3-7-17)20-15-5-4-13(21(23)24)9-14(12)15/h4-5,8-9,22H,1-3,6-7,11H2,(H,19,20). The van der Waals surface area contributed by atoms with Gasteiger partial charge in [-0.3, -0.25) is 10.1 Å². The van der Waals surface area contributed by atoms with Gasteiger partial charge in [0, 0.05) is 24.1 Å². The zero-order chi connectivity index (χ0) is 17.2. The van der Waals surface area contributed by atoms with Crippen molar-refractivity contribution in [3.05, 3.63) is 39.9 Å². The molecule has 24 heavy (non-hydrogen) atoms. The van der Waals surface area contributed by atoms with Gasteiger partial charge in [0.15, 0.2) is 0 Å².